The van der Waals surface area contributed by atoms with Crippen LogP contribution in [0.5, 0.6) is 0 Å². The average Bonchev–Trinajstić information content (AvgIpc) is 2.86. The predicted molar refractivity (Wildman–Crippen MR) is 93.2 cm³/mol. The maximum Gasteiger partial charge on any atom is 0.0624 e. The third-order valence-electron chi connectivity index (χ3n) is 3.03. The third-order valence-corrected chi connectivity index (χ3v) is 5.69. The average molecular weight is 393 g/mol. The normalized spacial score (nSPS) is 12.6. The molecule has 1 aromatic carbocycles. The van der Waals surface area contributed by atoms with E-state index in [1.165, 1.54) is 4.88 Å². The van der Waals surface area contributed by atoms with Crippen molar-refractivity contribution < 1.29 is 0 Å². The van der Waals surface area contributed by atoms with Crippen LogP contribution in [0.15, 0.2) is 34.1 Å². The Bertz CT molecular complexity index is 571. The third kappa shape index (κ3) is 4.22. The maximum atomic E-state index is 6.30. The fourth-order valence-electron chi connectivity index (χ4n) is 2.03. The summed E-state index contributed by atoms with van der Waals surface area (Å²) in [5, 5.41) is 6.97. The first kappa shape index (κ1) is 16.3. The van der Waals surface area contributed by atoms with Crippen molar-refractivity contribution in [2.75, 3.05) is 6.54 Å². The summed E-state index contributed by atoms with van der Waals surface area (Å²) in [4.78, 5) is 1.31. The molecule has 0 saturated heterocycles. The zero-order valence-corrected chi connectivity index (χ0v) is 15.0. The number of rotatable bonds is 6. The Labute approximate surface area is 142 Å². The van der Waals surface area contributed by atoms with Crippen LogP contribution in [-0.2, 0) is 6.42 Å². The highest BCUT2D eigenvalue weighted by atomic mass is 79.9. The molecular weight excluding hydrogens is 377 g/mol. The Morgan fingerprint density at radius 2 is 2.15 bits per heavy atom. The minimum Gasteiger partial charge on any atom is -0.309 e. The molecule has 0 radical (unpaired) electrons. The van der Waals surface area contributed by atoms with E-state index in [0.29, 0.717) is 10.0 Å². The minimum atomic E-state index is 0.266. The summed E-state index contributed by atoms with van der Waals surface area (Å²) < 4.78 is 1.12. The van der Waals surface area contributed by atoms with Gasteiger partial charge in [0.05, 0.1) is 10.0 Å². The van der Waals surface area contributed by atoms with Gasteiger partial charge in [0.1, 0.15) is 0 Å². The van der Waals surface area contributed by atoms with Gasteiger partial charge in [-0.15, -0.1) is 11.3 Å². The van der Waals surface area contributed by atoms with E-state index in [9.17, 15) is 0 Å². The molecule has 20 heavy (non-hydrogen) atoms. The highest BCUT2D eigenvalue weighted by molar-refractivity contribution is 9.10. The Balaban J connectivity index is 2.21. The van der Waals surface area contributed by atoms with E-state index in [1.807, 2.05) is 18.2 Å². The van der Waals surface area contributed by atoms with Crippen LogP contribution in [0.2, 0.25) is 10.0 Å². The van der Waals surface area contributed by atoms with Crippen LogP contribution in [0.1, 0.15) is 29.8 Å². The molecule has 0 amide bonds. The number of hydrogen-bond acceptors (Lipinski definition) is 2. The molecule has 0 saturated carbocycles. The van der Waals surface area contributed by atoms with Gasteiger partial charge in [0.2, 0.25) is 0 Å². The zero-order chi connectivity index (χ0) is 14.5. The molecule has 1 nitrogen and oxygen atoms in total. The topological polar surface area (TPSA) is 12.0 Å². The number of benzene rings is 1. The molecule has 1 heterocycles. The fourth-order valence-corrected chi connectivity index (χ4v) is 3.95. The first-order valence-corrected chi connectivity index (χ1v) is 8.95. The molecule has 1 unspecified atom stereocenters. The van der Waals surface area contributed by atoms with Crippen LogP contribution in [0, 0.1) is 0 Å². The number of halogens is 3. The van der Waals surface area contributed by atoms with Crippen molar-refractivity contribution in [1.82, 2.24) is 5.32 Å². The molecular formula is C15H16BrCl2NS. The summed E-state index contributed by atoms with van der Waals surface area (Å²) in [6, 6.07) is 8.24. The molecule has 2 aromatic rings. The van der Waals surface area contributed by atoms with Crippen molar-refractivity contribution in [3.8, 4) is 0 Å². The Hall–Kier alpha value is -0.0600. The van der Waals surface area contributed by atoms with Crippen LogP contribution in [0.25, 0.3) is 0 Å². The summed E-state index contributed by atoms with van der Waals surface area (Å²) >= 11 is 17.7. The zero-order valence-electron chi connectivity index (χ0n) is 11.1. The van der Waals surface area contributed by atoms with Crippen LogP contribution in [0.3, 0.4) is 0 Å². The van der Waals surface area contributed by atoms with Crippen LogP contribution >= 0.6 is 50.5 Å². The quantitative estimate of drug-likeness (QED) is 0.625. The van der Waals surface area contributed by atoms with Gasteiger partial charge in [-0.1, -0.05) is 42.3 Å². The van der Waals surface area contributed by atoms with Crippen LogP contribution in [0.4, 0.5) is 0 Å². The van der Waals surface area contributed by atoms with Gasteiger partial charge in [-0.05, 0) is 53.0 Å². The summed E-state index contributed by atoms with van der Waals surface area (Å²) in [5.74, 6) is 0. The molecule has 0 aliphatic heterocycles. The maximum absolute atomic E-state index is 6.30. The highest BCUT2D eigenvalue weighted by Gasteiger charge is 2.16. The smallest absolute Gasteiger partial charge is 0.0624 e. The second-order valence-corrected chi connectivity index (χ2v) is 7.23. The SMILES string of the molecule is CCCNC(Cc1cccc(Cl)c1Cl)c1cc(Br)cs1. The standard InChI is InChI=1S/C15H16BrCl2NS/c1-2-6-19-13(14-8-11(16)9-20-14)7-10-4-3-5-12(17)15(10)18/h3-5,8-9,13,19H,2,6-7H2,1H3. The molecule has 0 spiro atoms. The van der Waals surface area contributed by atoms with Gasteiger partial charge in [0.15, 0.2) is 0 Å². The van der Waals surface area contributed by atoms with E-state index in [-0.39, 0.29) is 6.04 Å². The van der Waals surface area contributed by atoms with Crippen molar-refractivity contribution >= 4 is 50.5 Å². The summed E-state index contributed by atoms with van der Waals surface area (Å²) in [6.45, 7) is 3.15. The van der Waals surface area contributed by atoms with Crippen molar-refractivity contribution in [3.05, 3.63) is 54.6 Å². The van der Waals surface area contributed by atoms with E-state index in [4.69, 9.17) is 23.2 Å². The molecule has 108 valence electrons. The predicted octanol–water partition coefficient (Wildman–Crippen LogP) is 6.10. The molecule has 0 bridgehead atoms. The lowest BCUT2D eigenvalue weighted by molar-refractivity contribution is 0.536. The second kappa shape index (κ2) is 7.81. The number of nitrogens with one attached hydrogen (secondary N) is 1. The summed E-state index contributed by atoms with van der Waals surface area (Å²) in [5.41, 5.74) is 1.08. The summed E-state index contributed by atoms with van der Waals surface area (Å²) in [7, 11) is 0. The Morgan fingerprint density at radius 1 is 1.35 bits per heavy atom. The molecule has 0 aliphatic carbocycles. The largest absolute Gasteiger partial charge is 0.309 e. The van der Waals surface area contributed by atoms with Crippen LogP contribution < -0.4 is 5.32 Å². The fraction of sp³-hybridized carbons (Fsp3) is 0.333. The molecule has 2 rings (SSSR count). The minimum absolute atomic E-state index is 0.266. The summed E-state index contributed by atoms with van der Waals surface area (Å²) in [6.07, 6.45) is 1.94. The first-order valence-electron chi connectivity index (χ1n) is 6.52. The van der Waals surface area contributed by atoms with E-state index in [1.54, 1.807) is 11.3 Å². The molecule has 1 aromatic heterocycles. The van der Waals surface area contributed by atoms with Gasteiger partial charge in [-0.3, -0.25) is 0 Å². The van der Waals surface area contributed by atoms with Crippen molar-refractivity contribution in [1.29, 1.82) is 0 Å². The van der Waals surface area contributed by atoms with Gasteiger partial charge in [0, 0.05) is 20.8 Å². The van der Waals surface area contributed by atoms with E-state index >= 15 is 0 Å². The lowest BCUT2D eigenvalue weighted by atomic mass is 10.0. The van der Waals surface area contributed by atoms with Crippen molar-refractivity contribution in [2.24, 2.45) is 0 Å². The lowest BCUT2D eigenvalue weighted by Crippen LogP contribution is -2.23. The van der Waals surface area contributed by atoms with E-state index < -0.39 is 0 Å². The van der Waals surface area contributed by atoms with Gasteiger partial charge in [0.25, 0.3) is 0 Å². The molecule has 1 atom stereocenters. The Morgan fingerprint density at radius 3 is 2.80 bits per heavy atom. The van der Waals surface area contributed by atoms with Gasteiger partial charge in [-0.25, -0.2) is 0 Å². The van der Waals surface area contributed by atoms with Crippen molar-refractivity contribution in [2.45, 2.75) is 25.8 Å². The van der Waals surface area contributed by atoms with E-state index in [0.717, 1.165) is 29.4 Å². The molecule has 5 heteroatoms. The van der Waals surface area contributed by atoms with Crippen molar-refractivity contribution in [3.63, 3.8) is 0 Å². The number of hydrogen-bond donors (Lipinski definition) is 1. The monoisotopic (exact) mass is 391 g/mol. The van der Waals surface area contributed by atoms with E-state index in [2.05, 4.69) is 39.6 Å². The highest BCUT2D eigenvalue weighted by Crippen LogP contribution is 2.32. The molecule has 1 N–H and O–H groups in total. The van der Waals surface area contributed by atoms with Gasteiger partial charge in [-0.2, -0.15) is 0 Å². The molecule has 0 fully saturated rings. The van der Waals surface area contributed by atoms with Gasteiger partial charge >= 0.3 is 0 Å². The number of thiophene rings is 1. The first-order chi connectivity index (χ1) is 9.61. The van der Waals surface area contributed by atoms with Gasteiger partial charge < -0.3 is 5.32 Å². The van der Waals surface area contributed by atoms with Crippen LogP contribution in [-0.4, -0.2) is 6.54 Å². The lowest BCUT2D eigenvalue weighted by Gasteiger charge is -2.18. The second-order valence-electron chi connectivity index (χ2n) is 4.59. The Kier molecular flexibility index (Phi) is 6.37. The molecule has 0 aliphatic rings.